The zero-order valence-corrected chi connectivity index (χ0v) is 9.97. The Morgan fingerprint density at radius 2 is 2.06 bits per heavy atom. The predicted octanol–water partition coefficient (Wildman–Crippen LogP) is 3.01. The molecule has 0 unspecified atom stereocenters. The number of nitrogens with one attached hydrogen (secondary N) is 1. The topological polar surface area (TPSA) is 47.0 Å². The number of ether oxygens (including phenoxy) is 1. The summed E-state index contributed by atoms with van der Waals surface area (Å²) in [5, 5.41) is 3.12. The zero-order valence-electron chi connectivity index (χ0n) is 9.97. The molecule has 0 amide bonds. The molecule has 88 valence electrons. The summed E-state index contributed by atoms with van der Waals surface area (Å²) in [5.74, 6) is 2.13. The van der Waals surface area contributed by atoms with Crippen LogP contribution in [0.4, 0.5) is 5.82 Å². The van der Waals surface area contributed by atoms with Crippen molar-refractivity contribution >= 4 is 5.82 Å². The van der Waals surface area contributed by atoms with Crippen LogP contribution < -0.4 is 10.1 Å². The highest BCUT2D eigenvalue weighted by atomic mass is 16.5. The van der Waals surface area contributed by atoms with Crippen molar-refractivity contribution in [2.24, 2.45) is 0 Å². The second kappa shape index (κ2) is 5.30. The monoisotopic (exact) mass is 229 g/mol. The highest BCUT2D eigenvalue weighted by molar-refractivity contribution is 5.40. The van der Waals surface area contributed by atoms with Crippen molar-refractivity contribution in [3.8, 4) is 11.6 Å². The Bertz CT molecular complexity index is 500. The second-order valence-electron chi connectivity index (χ2n) is 3.64. The van der Waals surface area contributed by atoms with Gasteiger partial charge < -0.3 is 10.1 Å². The molecule has 0 bridgehead atoms. The quantitative estimate of drug-likeness (QED) is 0.875. The molecule has 0 aliphatic heterocycles. The maximum absolute atomic E-state index is 5.71. The number of hydrogen-bond acceptors (Lipinski definition) is 4. The molecule has 0 aliphatic rings. The summed E-state index contributed by atoms with van der Waals surface area (Å²) in [4.78, 5) is 8.18. The van der Waals surface area contributed by atoms with Gasteiger partial charge in [0.1, 0.15) is 17.9 Å². The third kappa shape index (κ3) is 2.93. The summed E-state index contributed by atoms with van der Waals surface area (Å²) < 4.78 is 5.71. The van der Waals surface area contributed by atoms with Crippen LogP contribution >= 0.6 is 0 Å². The van der Waals surface area contributed by atoms with Crippen molar-refractivity contribution in [2.45, 2.75) is 13.8 Å². The highest BCUT2D eigenvalue weighted by Gasteiger charge is 2.02. The summed E-state index contributed by atoms with van der Waals surface area (Å²) in [6.45, 7) is 4.84. The average molecular weight is 229 g/mol. The lowest BCUT2D eigenvalue weighted by molar-refractivity contribution is 0.458. The lowest BCUT2D eigenvalue weighted by Crippen LogP contribution is -2.00. The Kier molecular flexibility index (Phi) is 3.55. The summed E-state index contributed by atoms with van der Waals surface area (Å²) in [7, 11) is 0. The van der Waals surface area contributed by atoms with Gasteiger partial charge in [0, 0.05) is 12.6 Å². The first-order valence-electron chi connectivity index (χ1n) is 5.59. The van der Waals surface area contributed by atoms with Gasteiger partial charge in [0.05, 0.1) is 0 Å². The van der Waals surface area contributed by atoms with Gasteiger partial charge in [-0.3, -0.25) is 0 Å². The van der Waals surface area contributed by atoms with Crippen LogP contribution in [0.25, 0.3) is 0 Å². The largest absolute Gasteiger partial charge is 0.439 e. The van der Waals surface area contributed by atoms with Crippen LogP contribution in [0, 0.1) is 6.92 Å². The third-order valence-corrected chi connectivity index (χ3v) is 2.31. The number of benzene rings is 1. The SMILES string of the molecule is CCNc1cc(Oc2ccccc2C)ncn1. The number of rotatable bonds is 4. The number of hydrogen-bond donors (Lipinski definition) is 1. The fourth-order valence-corrected chi connectivity index (χ4v) is 1.46. The lowest BCUT2D eigenvalue weighted by atomic mass is 10.2. The smallest absolute Gasteiger partial charge is 0.224 e. The van der Waals surface area contributed by atoms with Gasteiger partial charge in [0.25, 0.3) is 0 Å². The van der Waals surface area contributed by atoms with Crippen molar-refractivity contribution in [2.75, 3.05) is 11.9 Å². The van der Waals surface area contributed by atoms with Crippen LogP contribution in [-0.2, 0) is 0 Å². The van der Waals surface area contributed by atoms with E-state index in [4.69, 9.17) is 4.74 Å². The number of anilines is 1. The van der Waals surface area contributed by atoms with E-state index < -0.39 is 0 Å². The van der Waals surface area contributed by atoms with E-state index in [2.05, 4.69) is 15.3 Å². The van der Waals surface area contributed by atoms with Crippen molar-refractivity contribution < 1.29 is 4.74 Å². The van der Waals surface area contributed by atoms with E-state index in [0.717, 1.165) is 23.7 Å². The van der Waals surface area contributed by atoms with Crippen molar-refractivity contribution in [3.05, 3.63) is 42.2 Å². The number of nitrogens with zero attached hydrogens (tertiary/aromatic N) is 2. The third-order valence-electron chi connectivity index (χ3n) is 2.31. The molecular formula is C13H15N3O. The molecule has 2 rings (SSSR count). The zero-order chi connectivity index (χ0) is 12.1. The van der Waals surface area contributed by atoms with Crippen LogP contribution in [0.2, 0.25) is 0 Å². The van der Waals surface area contributed by atoms with Crippen molar-refractivity contribution in [3.63, 3.8) is 0 Å². The van der Waals surface area contributed by atoms with Gasteiger partial charge in [-0.05, 0) is 25.5 Å². The predicted molar refractivity (Wildman–Crippen MR) is 67.4 cm³/mol. The summed E-state index contributed by atoms with van der Waals surface area (Å²) in [5.41, 5.74) is 1.08. The molecule has 0 radical (unpaired) electrons. The first-order chi connectivity index (χ1) is 8.29. The van der Waals surface area contributed by atoms with E-state index in [0.29, 0.717) is 5.88 Å². The average Bonchev–Trinajstić information content (AvgIpc) is 2.33. The minimum absolute atomic E-state index is 0.547. The lowest BCUT2D eigenvalue weighted by Gasteiger charge is -2.08. The van der Waals surface area contributed by atoms with Crippen LogP contribution in [0.1, 0.15) is 12.5 Å². The Labute approximate surface area is 101 Å². The van der Waals surface area contributed by atoms with E-state index in [1.54, 1.807) is 6.07 Å². The van der Waals surface area contributed by atoms with Gasteiger partial charge in [-0.1, -0.05) is 18.2 Å². The van der Waals surface area contributed by atoms with Gasteiger partial charge >= 0.3 is 0 Å². The summed E-state index contributed by atoms with van der Waals surface area (Å²) >= 11 is 0. The molecule has 0 saturated carbocycles. The molecule has 0 saturated heterocycles. The molecular weight excluding hydrogens is 214 g/mol. The molecule has 4 nitrogen and oxygen atoms in total. The first kappa shape index (κ1) is 11.4. The van der Waals surface area contributed by atoms with Gasteiger partial charge in [0.15, 0.2) is 0 Å². The van der Waals surface area contributed by atoms with E-state index in [1.807, 2.05) is 38.1 Å². The number of para-hydroxylation sites is 1. The molecule has 1 heterocycles. The molecule has 17 heavy (non-hydrogen) atoms. The van der Waals surface area contributed by atoms with Crippen LogP contribution in [0.5, 0.6) is 11.6 Å². The van der Waals surface area contributed by atoms with Crippen LogP contribution in [0.15, 0.2) is 36.7 Å². The van der Waals surface area contributed by atoms with Gasteiger partial charge in [-0.15, -0.1) is 0 Å². The number of aryl methyl sites for hydroxylation is 1. The molecule has 0 spiro atoms. The van der Waals surface area contributed by atoms with Gasteiger partial charge in [-0.2, -0.15) is 0 Å². The fraction of sp³-hybridized carbons (Fsp3) is 0.231. The fourth-order valence-electron chi connectivity index (χ4n) is 1.46. The Morgan fingerprint density at radius 1 is 1.24 bits per heavy atom. The van der Waals surface area contributed by atoms with Crippen molar-refractivity contribution in [1.82, 2.24) is 9.97 Å². The van der Waals surface area contributed by atoms with Gasteiger partial charge in [0.2, 0.25) is 5.88 Å². The van der Waals surface area contributed by atoms with Crippen molar-refractivity contribution in [1.29, 1.82) is 0 Å². The molecule has 0 atom stereocenters. The molecule has 1 aromatic heterocycles. The van der Waals surface area contributed by atoms with E-state index >= 15 is 0 Å². The molecule has 0 aliphatic carbocycles. The molecule has 1 aromatic carbocycles. The summed E-state index contributed by atoms with van der Waals surface area (Å²) in [6, 6.07) is 9.63. The molecule has 2 aromatic rings. The maximum atomic E-state index is 5.71. The van der Waals surface area contributed by atoms with E-state index in [-0.39, 0.29) is 0 Å². The van der Waals surface area contributed by atoms with Crippen LogP contribution in [0.3, 0.4) is 0 Å². The van der Waals surface area contributed by atoms with Crippen LogP contribution in [-0.4, -0.2) is 16.5 Å². The Hall–Kier alpha value is -2.10. The summed E-state index contributed by atoms with van der Waals surface area (Å²) in [6.07, 6.45) is 1.49. The standard InChI is InChI=1S/C13H15N3O/c1-3-14-12-8-13(16-9-15-12)17-11-7-5-4-6-10(11)2/h4-9H,3H2,1-2H3,(H,14,15,16). The first-order valence-corrected chi connectivity index (χ1v) is 5.59. The van der Waals surface area contributed by atoms with Gasteiger partial charge in [-0.25, -0.2) is 9.97 Å². The van der Waals surface area contributed by atoms with E-state index in [1.165, 1.54) is 6.33 Å². The minimum atomic E-state index is 0.547. The molecule has 4 heteroatoms. The Balaban J connectivity index is 2.18. The highest BCUT2D eigenvalue weighted by Crippen LogP contribution is 2.23. The minimum Gasteiger partial charge on any atom is -0.439 e. The maximum Gasteiger partial charge on any atom is 0.224 e. The van der Waals surface area contributed by atoms with E-state index in [9.17, 15) is 0 Å². The Morgan fingerprint density at radius 3 is 2.82 bits per heavy atom. The molecule has 1 N–H and O–H groups in total. The normalized spacial score (nSPS) is 10.0. The second-order valence-corrected chi connectivity index (χ2v) is 3.64. The molecule has 0 fully saturated rings. The number of aromatic nitrogens is 2.